The lowest BCUT2D eigenvalue weighted by Gasteiger charge is -2.40. The maximum Gasteiger partial charge on any atom is 0.215 e. The number of ether oxygens (including phenoxy) is 1. The second-order valence-corrected chi connectivity index (χ2v) is 7.78. The molecule has 0 bridgehead atoms. The third-order valence-corrected chi connectivity index (χ3v) is 5.87. The molecular formula is C12H24N2O3S. The first kappa shape index (κ1) is 14.2. The summed E-state index contributed by atoms with van der Waals surface area (Å²) in [5.41, 5.74) is -0.253. The smallest absolute Gasteiger partial charge is 0.215 e. The molecule has 0 amide bonds. The summed E-state index contributed by atoms with van der Waals surface area (Å²) in [6.07, 6.45) is 5.36. The number of hydrogen-bond donors (Lipinski definition) is 2. The van der Waals surface area contributed by atoms with Crippen LogP contribution in [0.5, 0.6) is 0 Å². The largest absolute Gasteiger partial charge is 0.377 e. The van der Waals surface area contributed by atoms with Crippen LogP contribution in [0.1, 0.15) is 39.0 Å². The molecule has 0 spiro atoms. The van der Waals surface area contributed by atoms with Gasteiger partial charge in [0.05, 0.1) is 10.9 Å². The lowest BCUT2D eigenvalue weighted by atomic mass is 9.80. The summed E-state index contributed by atoms with van der Waals surface area (Å²) < 4.78 is 32.2. The summed E-state index contributed by atoms with van der Waals surface area (Å²) in [6, 6.07) is 0.541. The minimum Gasteiger partial charge on any atom is -0.377 e. The molecule has 5 nitrogen and oxygen atoms in total. The predicted octanol–water partition coefficient (Wildman–Crippen LogP) is 0.615. The normalized spacial score (nSPS) is 24.6. The summed E-state index contributed by atoms with van der Waals surface area (Å²) in [5.74, 6) is 0. The molecule has 2 saturated carbocycles. The molecule has 0 aromatic carbocycles. The zero-order valence-electron chi connectivity index (χ0n) is 11.2. The molecule has 2 aliphatic rings. The standard InChI is InChI=1S/C12H24N2O3S/c1-10(8-13-11-4-5-11)18(15,16)14-9-12(17-2)6-3-7-12/h10-11,13-14H,3-9H2,1-2H3. The average Bonchev–Trinajstić information content (AvgIpc) is 3.08. The van der Waals surface area contributed by atoms with Crippen LogP contribution < -0.4 is 10.0 Å². The zero-order chi connectivity index (χ0) is 13.2. The van der Waals surface area contributed by atoms with E-state index in [0.717, 1.165) is 19.3 Å². The van der Waals surface area contributed by atoms with Crippen LogP contribution in [0.3, 0.4) is 0 Å². The van der Waals surface area contributed by atoms with E-state index >= 15 is 0 Å². The monoisotopic (exact) mass is 276 g/mol. The molecule has 106 valence electrons. The highest BCUT2D eigenvalue weighted by atomic mass is 32.2. The second-order valence-electron chi connectivity index (χ2n) is 5.60. The first-order chi connectivity index (χ1) is 8.47. The van der Waals surface area contributed by atoms with Crippen LogP contribution in [0.25, 0.3) is 0 Å². The van der Waals surface area contributed by atoms with Crippen molar-refractivity contribution in [2.24, 2.45) is 0 Å². The fourth-order valence-corrected chi connectivity index (χ4v) is 3.19. The van der Waals surface area contributed by atoms with Crippen molar-refractivity contribution >= 4 is 10.0 Å². The Hall–Kier alpha value is -0.170. The van der Waals surface area contributed by atoms with Crippen molar-refractivity contribution in [3.05, 3.63) is 0 Å². The van der Waals surface area contributed by atoms with Crippen LogP contribution in [0.4, 0.5) is 0 Å². The van der Waals surface area contributed by atoms with E-state index in [4.69, 9.17) is 4.74 Å². The molecule has 0 radical (unpaired) electrons. The summed E-state index contributed by atoms with van der Waals surface area (Å²) in [7, 11) is -1.58. The lowest BCUT2D eigenvalue weighted by Crippen LogP contribution is -2.51. The molecule has 0 aromatic rings. The van der Waals surface area contributed by atoms with Crippen molar-refractivity contribution in [1.29, 1.82) is 0 Å². The van der Waals surface area contributed by atoms with Crippen LogP contribution in [-0.4, -0.2) is 45.5 Å². The Morgan fingerprint density at radius 1 is 1.39 bits per heavy atom. The fourth-order valence-electron chi connectivity index (χ4n) is 2.13. The predicted molar refractivity (Wildman–Crippen MR) is 71.0 cm³/mol. The van der Waals surface area contributed by atoms with Gasteiger partial charge in [0.15, 0.2) is 0 Å². The number of sulfonamides is 1. The molecule has 6 heteroatoms. The molecule has 0 aliphatic heterocycles. The Kier molecular flexibility index (Phi) is 4.31. The lowest BCUT2D eigenvalue weighted by molar-refractivity contribution is -0.0659. The highest BCUT2D eigenvalue weighted by Crippen LogP contribution is 2.34. The molecule has 0 heterocycles. The molecule has 2 aliphatic carbocycles. The van der Waals surface area contributed by atoms with E-state index in [2.05, 4.69) is 10.0 Å². The molecule has 18 heavy (non-hydrogen) atoms. The third-order valence-electron chi connectivity index (χ3n) is 4.09. The van der Waals surface area contributed by atoms with Crippen molar-refractivity contribution in [3.63, 3.8) is 0 Å². The van der Waals surface area contributed by atoms with E-state index in [-0.39, 0.29) is 5.60 Å². The van der Waals surface area contributed by atoms with Gasteiger partial charge in [0, 0.05) is 26.2 Å². The molecule has 2 N–H and O–H groups in total. The van der Waals surface area contributed by atoms with Gasteiger partial charge in [-0.2, -0.15) is 0 Å². The van der Waals surface area contributed by atoms with Crippen LogP contribution >= 0.6 is 0 Å². The van der Waals surface area contributed by atoms with E-state index < -0.39 is 15.3 Å². The second kappa shape index (κ2) is 5.45. The third kappa shape index (κ3) is 3.44. The Labute approximate surface area is 110 Å². The number of methoxy groups -OCH3 is 1. The van der Waals surface area contributed by atoms with Gasteiger partial charge in [0.25, 0.3) is 0 Å². The minimum atomic E-state index is -3.24. The fraction of sp³-hybridized carbons (Fsp3) is 1.00. The maximum atomic E-state index is 12.1. The molecule has 2 rings (SSSR count). The highest BCUT2D eigenvalue weighted by molar-refractivity contribution is 7.90. The molecule has 2 fully saturated rings. The van der Waals surface area contributed by atoms with E-state index in [1.807, 2.05) is 0 Å². The minimum absolute atomic E-state index is 0.253. The van der Waals surface area contributed by atoms with E-state index in [1.54, 1.807) is 14.0 Å². The van der Waals surface area contributed by atoms with Gasteiger partial charge in [-0.05, 0) is 39.0 Å². The van der Waals surface area contributed by atoms with Crippen molar-refractivity contribution in [3.8, 4) is 0 Å². The van der Waals surface area contributed by atoms with Gasteiger partial charge >= 0.3 is 0 Å². The Bertz CT molecular complexity index is 369. The summed E-state index contributed by atoms with van der Waals surface area (Å²) in [6.45, 7) is 2.68. The first-order valence-corrected chi connectivity index (χ1v) is 8.29. The highest BCUT2D eigenvalue weighted by Gasteiger charge is 2.38. The van der Waals surface area contributed by atoms with Crippen LogP contribution in [-0.2, 0) is 14.8 Å². The summed E-state index contributed by atoms with van der Waals surface area (Å²) in [4.78, 5) is 0. The Balaban J connectivity index is 1.78. The molecular weight excluding hydrogens is 252 g/mol. The van der Waals surface area contributed by atoms with Gasteiger partial charge in [-0.25, -0.2) is 13.1 Å². The van der Waals surface area contributed by atoms with Crippen molar-refractivity contribution in [1.82, 2.24) is 10.0 Å². The van der Waals surface area contributed by atoms with Gasteiger partial charge in [-0.3, -0.25) is 0 Å². The molecule has 1 unspecified atom stereocenters. The van der Waals surface area contributed by atoms with Gasteiger partial charge in [0.2, 0.25) is 10.0 Å². The van der Waals surface area contributed by atoms with Crippen molar-refractivity contribution in [2.75, 3.05) is 20.2 Å². The molecule has 0 aromatic heterocycles. The topological polar surface area (TPSA) is 67.4 Å². The van der Waals surface area contributed by atoms with Gasteiger partial charge in [-0.1, -0.05) is 0 Å². The number of rotatable bonds is 8. The quantitative estimate of drug-likeness (QED) is 0.682. The van der Waals surface area contributed by atoms with Crippen LogP contribution in [0.2, 0.25) is 0 Å². The van der Waals surface area contributed by atoms with E-state index in [1.165, 1.54) is 12.8 Å². The van der Waals surface area contributed by atoms with E-state index in [0.29, 0.717) is 19.1 Å². The van der Waals surface area contributed by atoms with Crippen LogP contribution in [0, 0.1) is 0 Å². The maximum absolute atomic E-state index is 12.1. The average molecular weight is 276 g/mol. The van der Waals surface area contributed by atoms with Gasteiger partial charge in [0.1, 0.15) is 0 Å². The Morgan fingerprint density at radius 2 is 2.06 bits per heavy atom. The first-order valence-electron chi connectivity index (χ1n) is 6.74. The van der Waals surface area contributed by atoms with Gasteiger partial charge < -0.3 is 10.1 Å². The summed E-state index contributed by atoms with van der Waals surface area (Å²) >= 11 is 0. The molecule has 0 saturated heterocycles. The van der Waals surface area contributed by atoms with E-state index in [9.17, 15) is 8.42 Å². The van der Waals surface area contributed by atoms with Gasteiger partial charge in [-0.15, -0.1) is 0 Å². The van der Waals surface area contributed by atoms with Crippen molar-refractivity contribution in [2.45, 2.75) is 55.9 Å². The zero-order valence-corrected chi connectivity index (χ0v) is 12.1. The Morgan fingerprint density at radius 3 is 2.50 bits per heavy atom. The number of nitrogens with one attached hydrogen (secondary N) is 2. The summed E-state index contributed by atoms with van der Waals surface area (Å²) in [5, 5.41) is 2.85. The van der Waals surface area contributed by atoms with Crippen molar-refractivity contribution < 1.29 is 13.2 Å². The number of hydrogen-bond acceptors (Lipinski definition) is 4. The van der Waals surface area contributed by atoms with Crippen LogP contribution in [0.15, 0.2) is 0 Å². The SMILES string of the molecule is COC1(CNS(=O)(=O)C(C)CNC2CC2)CCC1. The molecule has 1 atom stereocenters.